The molecule has 0 aromatic carbocycles. The fourth-order valence-electron chi connectivity index (χ4n) is 3.24. The molecule has 25 heavy (non-hydrogen) atoms. The molecule has 1 amide bonds. The van der Waals surface area contributed by atoms with Crippen LogP contribution in [0.2, 0.25) is 5.02 Å². The Morgan fingerprint density at radius 2 is 2.08 bits per heavy atom. The molecule has 0 saturated heterocycles. The maximum Gasteiger partial charge on any atom is 0.293 e. The summed E-state index contributed by atoms with van der Waals surface area (Å²) in [6.07, 6.45) is 3.83. The van der Waals surface area contributed by atoms with Gasteiger partial charge in [0.2, 0.25) is 0 Å². The van der Waals surface area contributed by atoms with E-state index in [4.69, 9.17) is 17.3 Å². The van der Waals surface area contributed by atoms with Crippen LogP contribution < -0.4 is 26.9 Å². The number of pyridine rings is 1. The first kappa shape index (κ1) is 15.7. The molecule has 4 N–H and O–H groups in total. The van der Waals surface area contributed by atoms with Crippen LogP contribution in [-0.2, 0) is 0 Å². The zero-order valence-electron chi connectivity index (χ0n) is 13.4. The van der Waals surface area contributed by atoms with E-state index in [1.165, 1.54) is 23.1 Å². The predicted molar refractivity (Wildman–Crippen MR) is 93.6 cm³/mol. The predicted octanol–water partition coefficient (Wildman–Crippen LogP) is 0.809. The van der Waals surface area contributed by atoms with Crippen LogP contribution in [0.15, 0.2) is 23.3 Å². The highest BCUT2D eigenvalue weighted by Crippen LogP contribution is 2.37. The van der Waals surface area contributed by atoms with Crippen molar-refractivity contribution in [2.24, 2.45) is 0 Å². The minimum atomic E-state index is -0.533. The minimum Gasteiger partial charge on any atom is -0.384 e. The number of nitrogens with two attached hydrogens (primary N) is 1. The molecule has 9 nitrogen and oxygen atoms in total. The molecule has 1 aliphatic heterocycles. The molecule has 2 aromatic heterocycles. The van der Waals surface area contributed by atoms with Crippen LogP contribution in [0.1, 0.15) is 29.8 Å². The third kappa shape index (κ3) is 2.30. The summed E-state index contributed by atoms with van der Waals surface area (Å²) in [5, 5.41) is 7.78. The van der Waals surface area contributed by atoms with Crippen molar-refractivity contribution in [2.75, 3.05) is 23.1 Å². The number of aromatic nitrogens is 3. The molecule has 1 spiro atoms. The van der Waals surface area contributed by atoms with E-state index in [1.807, 2.05) is 0 Å². The maximum absolute atomic E-state index is 13.0. The molecule has 10 heteroatoms. The molecule has 1 aliphatic carbocycles. The molecule has 1 fully saturated rings. The monoisotopic (exact) mass is 361 g/mol. The molecule has 1 saturated carbocycles. The van der Waals surface area contributed by atoms with E-state index in [2.05, 4.69) is 20.6 Å². The molecular formula is C15H16ClN7O2. The zero-order valence-corrected chi connectivity index (χ0v) is 14.2. The number of carbonyl (C=O) groups excluding carboxylic acids is 1. The third-order valence-electron chi connectivity index (χ3n) is 4.74. The van der Waals surface area contributed by atoms with Crippen molar-refractivity contribution in [1.82, 2.24) is 20.0 Å². The number of hydrogen-bond donors (Lipinski definition) is 3. The van der Waals surface area contributed by atoms with Gasteiger partial charge in [0.1, 0.15) is 35.0 Å². The quantitative estimate of drug-likeness (QED) is 0.724. The third-order valence-corrected chi connectivity index (χ3v) is 5.03. The van der Waals surface area contributed by atoms with Crippen molar-refractivity contribution in [3.63, 3.8) is 0 Å². The van der Waals surface area contributed by atoms with Crippen molar-refractivity contribution in [3.05, 3.63) is 39.5 Å². The van der Waals surface area contributed by atoms with E-state index >= 15 is 0 Å². The van der Waals surface area contributed by atoms with Crippen LogP contribution in [0.25, 0.3) is 0 Å². The largest absolute Gasteiger partial charge is 0.384 e. The summed E-state index contributed by atoms with van der Waals surface area (Å²) in [5.41, 5.74) is 5.03. The SMILES string of the molecule is CN1n2c(c(Cl)cc(Nc3cc(N)ncn3)c2=O)C(=O)NC12CCC2. The van der Waals surface area contributed by atoms with E-state index in [-0.39, 0.29) is 33.7 Å². The highest BCUT2D eigenvalue weighted by atomic mass is 35.5. The Hall–Kier alpha value is -2.81. The van der Waals surface area contributed by atoms with Gasteiger partial charge in [-0.05, 0) is 25.3 Å². The smallest absolute Gasteiger partial charge is 0.293 e. The Morgan fingerprint density at radius 1 is 1.32 bits per heavy atom. The Labute approximate surface area is 147 Å². The maximum atomic E-state index is 13.0. The van der Waals surface area contributed by atoms with Gasteiger partial charge in [-0.1, -0.05) is 11.6 Å². The van der Waals surface area contributed by atoms with Crippen LogP contribution in [0.5, 0.6) is 0 Å². The summed E-state index contributed by atoms with van der Waals surface area (Å²) in [6, 6.07) is 2.92. The first-order valence-corrected chi connectivity index (χ1v) is 8.16. The van der Waals surface area contributed by atoms with Crippen molar-refractivity contribution < 1.29 is 4.79 Å². The van der Waals surface area contributed by atoms with E-state index in [9.17, 15) is 9.59 Å². The lowest BCUT2D eigenvalue weighted by Gasteiger charge is -2.53. The number of nitrogens with zero attached hydrogens (tertiary/aromatic N) is 4. The molecule has 3 heterocycles. The lowest BCUT2D eigenvalue weighted by Crippen LogP contribution is -2.72. The minimum absolute atomic E-state index is 0.124. The topological polar surface area (TPSA) is 118 Å². The molecule has 2 aliphatic rings. The van der Waals surface area contributed by atoms with Gasteiger partial charge in [-0.2, -0.15) is 0 Å². The first-order valence-electron chi connectivity index (χ1n) is 7.78. The number of hydrogen-bond acceptors (Lipinski definition) is 7. The Kier molecular flexibility index (Phi) is 3.36. The molecule has 0 atom stereocenters. The number of halogens is 1. The Morgan fingerprint density at radius 3 is 2.72 bits per heavy atom. The Balaban J connectivity index is 1.83. The van der Waals surface area contributed by atoms with Crippen molar-refractivity contribution in [2.45, 2.75) is 24.9 Å². The molecule has 130 valence electrons. The van der Waals surface area contributed by atoms with Crippen LogP contribution in [0, 0.1) is 0 Å². The van der Waals surface area contributed by atoms with E-state index in [0.29, 0.717) is 5.82 Å². The van der Waals surface area contributed by atoms with Gasteiger partial charge in [-0.15, -0.1) is 0 Å². The summed E-state index contributed by atoms with van der Waals surface area (Å²) >= 11 is 6.29. The number of nitrogen functional groups attached to an aromatic ring is 1. The van der Waals surface area contributed by atoms with Gasteiger partial charge >= 0.3 is 0 Å². The first-order chi connectivity index (χ1) is 11.9. The summed E-state index contributed by atoms with van der Waals surface area (Å²) in [4.78, 5) is 33.3. The molecule has 0 unspecified atom stereocenters. The highest BCUT2D eigenvalue weighted by Gasteiger charge is 2.48. The van der Waals surface area contributed by atoms with Gasteiger partial charge < -0.3 is 16.4 Å². The van der Waals surface area contributed by atoms with E-state index in [0.717, 1.165) is 19.3 Å². The van der Waals surface area contributed by atoms with E-state index in [1.54, 1.807) is 12.1 Å². The van der Waals surface area contributed by atoms with Crippen molar-refractivity contribution in [1.29, 1.82) is 0 Å². The second-order valence-electron chi connectivity index (χ2n) is 6.19. The number of anilines is 3. The zero-order chi connectivity index (χ0) is 17.8. The summed E-state index contributed by atoms with van der Waals surface area (Å²) in [7, 11) is 1.77. The normalized spacial score (nSPS) is 17.7. The second kappa shape index (κ2) is 5.35. The average molecular weight is 362 g/mol. The lowest BCUT2D eigenvalue weighted by atomic mass is 9.83. The van der Waals surface area contributed by atoms with Gasteiger partial charge in [-0.3, -0.25) is 14.6 Å². The molecule has 2 aromatic rings. The van der Waals surface area contributed by atoms with Crippen molar-refractivity contribution in [3.8, 4) is 0 Å². The number of amides is 1. The Bertz CT molecular complexity index is 938. The lowest BCUT2D eigenvalue weighted by molar-refractivity contribution is 0.0700. The van der Waals surface area contributed by atoms with Gasteiger partial charge in [0, 0.05) is 13.1 Å². The van der Waals surface area contributed by atoms with Gasteiger partial charge in [0.15, 0.2) is 0 Å². The summed E-state index contributed by atoms with van der Waals surface area (Å²) in [6.45, 7) is 0. The number of fused-ring (bicyclic) bond motifs is 1. The molecule has 4 rings (SSSR count). The number of nitrogens with one attached hydrogen (secondary N) is 2. The molecule has 0 radical (unpaired) electrons. The number of rotatable bonds is 2. The van der Waals surface area contributed by atoms with Gasteiger partial charge in [-0.25, -0.2) is 14.6 Å². The second-order valence-corrected chi connectivity index (χ2v) is 6.59. The van der Waals surface area contributed by atoms with Crippen LogP contribution >= 0.6 is 11.6 Å². The molecular weight excluding hydrogens is 346 g/mol. The fraction of sp³-hybridized carbons (Fsp3) is 0.333. The standard InChI is InChI=1S/C15H16ClN7O2/c1-22-15(3-2-4-15)21-13(24)12-8(16)5-9(14(25)23(12)22)20-11-6-10(17)18-7-19-11/h5-7H,2-4H2,1H3,(H,21,24)(H3,17,18,19,20). The van der Waals surface area contributed by atoms with Crippen LogP contribution in [-0.4, -0.2) is 33.3 Å². The van der Waals surface area contributed by atoms with E-state index < -0.39 is 5.66 Å². The van der Waals surface area contributed by atoms with Crippen LogP contribution in [0.4, 0.5) is 17.3 Å². The van der Waals surface area contributed by atoms with Gasteiger partial charge in [0.25, 0.3) is 11.5 Å². The fourth-order valence-corrected chi connectivity index (χ4v) is 3.51. The highest BCUT2D eigenvalue weighted by molar-refractivity contribution is 6.34. The van der Waals surface area contributed by atoms with Crippen LogP contribution in [0.3, 0.4) is 0 Å². The molecule has 0 bridgehead atoms. The number of carbonyl (C=O) groups is 1. The average Bonchev–Trinajstić information content (AvgIpc) is 2.52. The van der Waals surface area contributed by atoms with Gasteiger partial charge in [0.05, 0.1) is 5.02 Å². The summed E-state index contributed by atoms with van der Waals surface area (Å²) < 4.78 is 1.33. The van der Waals surface area contributed by atoms with Crippen molar-refractivity contribution >= 4 is 34.8 Å². The summed E-state index contributed by atoms with van der Waals surface area (Å²) in [5.74, 6) is 0.284.